The van der Waals surface area contributed by atoms with E-state index < -0.39 is 0 Å². The van der Waals surface area contributed by atoms with Crippen molar-refractivity contribution in [3.63, 3.8) is 0 Å². The lowest BCUT2D eigenvalue weighted by Gasteiger charge is -2.15. The number of pyridine rings is 1. The molecule has 7 heteroatoms. The smallest absolute Gasteiger partial charge is 0.191 e. The molecule has 2 N–H and O–H groups in total. The number of nitrogens with zero attached hydrogens (tertiary/aromatic N) is 2. The second-order valence-electron chi connectivity index (χ2n) is 6.88. The highest BCUT2D eigenvalue weighted by Crippen LogP contribution is 2.17. The van der Waals surface area contributed by atoms with Gasteiger partial charge in [0.25, 0.3) is 0 Å². The molecule has 0 unspecified atom stereocenters. The number of rotatable bonds is 9. The molecule has 0 aliphatic heterocycles. The zero-order valence-corrected chi connectivity index (χ0v) is 18.6. The Morgan fingerprint density at radius 3 is 2.68 bits per heavy atom. The lowest BCUT2D eigenvalue weighted by Crippen LogP contribution is -2.36. The molecule has 0 saturated carbocycles. The van der Waals surface area contributed by atoms with Gasteiger partial charge in [-0.3, -0.25) is 9.98 Å². The predicted molar refractivity (Wildman–Crippen MR) is 126 cm³/mol. The number of guanidine groups is 1. The molecule has 31 heavy (non-hydrogen) atoms. The first kappa shape index (κ1) is 22.6. The van der Waals surface area contributed by atoms with Crippen molar-refractivity contribution in [2.75, 3.05) is 13.3 Å². The standard InChI is InChI=1S/C24H27FN4OS/c1-26-24(29-15-19-9-10-21(25)13-20(19)17-31-2)28-14-18-6-5-8-23(12-18)30-16-22-7-3-4-11-27-22/h3-13H,14-17H2,1-2H3,(H2,26,28,29). The molecule has 0 spiro atoms. The summed E-state index contributed by atoms with van der Waals surface area (Å²) in [6, 6.07) is 18.6. The average Bonchev–Trinajstić information content (AvgIpc) is 2.80. The van der Waals surface area contributed by atoms with Gasteiger partial charge in [0.05, 0.1) is 5.69 Å². The quantitative estimate of drug-likeness (QED) is 0.380. The Hall–Kier alpha value is -3.06. The maximum absolute atomic E-state index is 13.5. The van der Waals surface area contributed by atoms with Crippen LogP contribution in [0.5, 0.6) is 5.75 Å². The van der Waals surface area contributed by atoms with E-state index in [2.05, 4.69) is 20.6 Å². The van der Waals surface area contributed by atoms with Crippen LogP contribution < -0.4 is 15.4 Å². The monoisotopic (exact) mass is 438 g/mol. The lowest BCUT2D eigenvalue weighted by atomic mass is 10.1. The van der Waals surface area contributed by atoms with Crippen molar-refractivity contribution in [2.45, 2.75) is 25.4 Å². The molecule has 162 valence electrons. The highest BCUT2D eigenvalue weighted by Gasteiger charge is 2.06. The van der Waals surface area contributed by atoms with E-state index in [1.807, 2.05) is 54.8 Å². The molecular formula is C24H27FN4OS. The fourth-order valence-electron chi connectivity index (χ4n) is 3.03. The van der Waals surface area contributed by atoms with Crippen LogP contribution in [0.2, 0.25) is 0 Å². The number of hydrogen-bond acceptors (Lipinski definition) is 4. The molecule has 0 atom stereocenters. The topological polar surface area (TPSA) is 58.5 Å². The van der Waals surface area contributed by atoms with E-state index in [0.717, 1.165) is 33.9 Å². The Labute approximate surface area is 187 Å². The Bertz CT molecular complexity index is 998. The molecule has 3 aromatic rings. The molecule has 0 amide bonds. The SMILES string of the molecule is CN=C(NCc1cccc(OCc2ccccn2)c1)NCc1ccc(F)cc1CSC. The Balaban J connectivity index is 1.53. The number of ether oxygens (including phenoxy) is 1. The van der Waals surface area contributed by atoms with Crippen molar-refractivity contribution in [3.05, 3.63) is 95.1 Å². The van der Waals surface area contributed by atoms with Gasteiger partial charge in [0.15, 0.2) is 5.96 Å². The Morgan fingerprint density at radius 1 is 1.03 bits per heavy atom. The molecular weight excluding hydrogens is 411 g/mol. The zero-order chi connectivity index (χ0) is 21.9. The number of nitrogens with one attached hydrogen (secondary N) is 2. The summed E-state index contributed by atoms with van der Waals surface area (Å²) in [5, 5.41) is 6.61. The van der Waals surface area contributed by atoms with E-state index in [4.69, 9.17) is 4.74 Å². The summed E-state index contributed by atoms with van der Waals surface area (Å²) in [6.07, 6.45) is 3.77. The Kier molecular flexibility index (Phi) is 8.72. The molecule has 0 aliphatic rings. The summed E-state index contributed by atoms with van der Waals surface area (Å²) in [7, 11) is 1.73. The van der Waals surface area contributed by atoms with Gasteiger partial charge in [0.2, 0.25) is 0 Å². The van der Waals surface area contributed by atoms with Crippen molar-refractivity contribution in [3.8, 4) is 5.75 Å². The largest absolute Gasteiger partial charge is 0.487 e. The minimum absolute atomic E-state index is 0.208. The summed E-state index contributed by atoms with van der Waals surface area (Å²) in [5.74, 6) is 2.03. The lowest BCUT2D eigenvalue weighted by molar-refractivity contribution is 0.301. The molecule has 0 aliphatic carbocycles. The van der Waals surface area contributed by atoms with Gasteiger partial charge in [-0.1, -0.05) is 24.3 Å². The molecule has 3 rings (SSSR count). The van der Waals surface area contributed by atoms with E-state index >= 15 is 0 Å². The van der Waals surface area contributed by atoms with E-state index in [9.17, 15) is 4.39 Å². The first-order valence-electron chi connectivity index (χ1n) is 10.0. The number of halogens is 1. The highest BCUT2D eigenvalue weighted by atomic mass is 32.2. The summed E-state index contributed by atoms with van der Waals surface area (Å²) >= 11 is 1.67. The number of aromatic nitrogens is 1. The van der Waals surface area contributed by atoms with Crippen molar-refractivity contribution in [1.29, 1.82) is 0 Å². The van der Waals surface area contributed by atoms with Gasteiger partial charge in [-0.2, -0.15) is 11.8 Å². The van der Waals surface area contributed by atoms with Gasteiger partial charge in [-0.15, -0.1) is 0 Å². The van der Waals surface area contributed by atoms with Gasteiger partial charge in [0.1, 0.15) is 18.2 Å². The molecule has 1 heterocycles. The minimum Gasteiger partial charge on any atom is -0.487 e. The van der Waals surface area contributed by atoms with E-state index in [1.54, 1.807) is 31.1 Å². The molecule has 1 aromatic heterocycles. The van der Waals surface area contributed by atoms with Crippen molar-refractivity contribution in [1.82, 2.24) is 15.6 Å². The predicted octanol–water partition coefficient (Wildman–Crippen LogP) is 4.53. The van der Waals surface area contributed by atoms with Crippen LogP contribution in [-0.2, 0) is 25.4 Å². The van der Waals surface area contributed by atoms with Crippen LogP contribution in [0.25, 0.3) is 0 Å². The summed E-state index contributed by atoms with van der Waals surface area (Å²) < 4.78 is 19.4. The van der Waals surface area contributed by atoms with Crippen LogP contribution in [0.1, 0.15) is 22.4 Å². The van der Waals surface area contributed by atoms with E-state index in [-0.39, 0.29) is 5.82 Å². The molecule has 0 saturated heterocycles. The number of hydrogen-bond donors (Lipinski definition) is 2. The van der Waals surface area contributed by atoms with Crippen LogP contribution in [0.15, 0.2) is 71.9 Å². The van der Waals surface area contributed by atoms with Crippen molar-refractivity contribution >= 4 is 17.7 Å². The van der Waals surface area contributed by atoms with Crippen LogP contribution >= 0.6 is 11.8 Å². The van der Waals surface area contributed by atoms with Crippen LogP contribution in [0.3, 0.4) is 0 Å². The summed E-state index contributed by atoms with van der Waals surface area (Å²) in [6.45, 7) is 1.60. The third-order valence-electron chi connectivity index (χ3n) is 4.61. The molecule has 2 aromatic carbocycles. The normalized spacial score (nSPS) is 11.3. The maximum Gasteiger partial charge on any atom is 0.191 e. The summed E-state index contributed by atoms with van der Waals surface area (Å²) in [5.41, 5.74) is 4.01. The third kappa shape index (κ3) is 7.29. The number of aliphatic imine (C=N–C) groups is 1. The number of thioether (sulfide) groups is 1. The van der Waals surface area contributed by atoms with E-state index in [1.165, 1.54) is 6.07 Å². The first-order chi connectivity index (χ1) is 15.2. The third-order valence-corrected chi connectivity index (χ3v) is 5.21. The second kappa shape index (κ2) is 12.0. The summed E-state index contributed by atoms with van der Waals surface area (Å²) in [4.78, 5) is 8.56. The van der Waals surface area contributed by atoms with Crippen LogP contribution in [-0.4, -0.2) is 24.2 Å². The van der Waals surface area contributed by atoms with Crippen LogP contribution in [0, 0.1) is 5.82 Å². The number of benzene rings is 2. The average molecular weight is 439 g/mol. The van der Waals surface area contributed by atoms with Gasteiger partial charge in [-0.25, -0.2) is 4.39 Å². The second-order valence-corrected chi connectivity index (χ2v) is 7.75. The molecule has 5 nitrogen and oxygen atoms in total. The van der Waals surface area contributed by atoms with Gasteiger partial charge >= 0.3 is 0 Å². The molecule has 0 bridgehead atoms. The Morgan fingerprint density at radius 2 is 1.90 bits per heavy atom. The highest BCUT2D eigenvalue weighted by molar-refractivity contribution is 7.97. The minimum atomic E-state index is -0.208. The fourth-order valence-corrected chi connectivity index (χ4v) is 3.61. The van der Waals surface area contributed by atoms with Gasteiger partial charge in [-0.05, 0) is 59.3 Å². The molecule has 0 radical (unpaired) electrons. The first-order valence-corrected chi connectivity index (χ1v) is 11.4. The van der Waals surface area contributed by atoms with Gasteiger partial charge < -0.3 is 15.4 Å². The molecule has 0 fully saturated rings. The zero-order valence-electron chi connectivity index (χ0n) is 17.8. The van der Waals surface area contributed by atoms with Crippen molar-refractivity contribution in [2.24, 2.45) is 4.99 Å². The maximum atomic E-state index is 13.5. The fraction of sp³-hybridized carbons (Fsp3) is 0.250. The van der Waals surface area contributed by atoms with Gasteiger partial charge in [0, 0.05) is 32.1 Å². The van der Waals surface area contributed by atoms with E-state index in [0.29, 0.717) is 25.7 Å². The van der Waals surface area contributed by atoms with Crippen molar-refractivity contribution < 1.29 is 9.13 Å². The van der Waals surface area contributed by atoms with Crippen LogP contribution in [0.4, 0.5) is 4.39 Å².